The molecule has 0 aromatic heterocycles. The van der Waals surface area contributed by atoms with Crippen LogP contribution in [-0.4, -0.2) is 68.2 Å². The lowest BCUT2D eigenvalue weighted by Crippen LogP contribution is -2.54. The molecule has 0 saturated carbocycles. The summed E-state index contributed by atoms with van der Waals surface area (Å²) in [5, 5.41) is 2.67. The molecule has 2 saturated heterocycles. The monoisotopic (exact) mass is 393 g/mol. The van der Waals surface area contributed by atoms with Crippen molar-refractivity contribution in [1.82, 2.24) is 14.5 Å². The number of piperazine rings is 1. The minimum Gasteiger partial charge on any atom is -0.339 e. The molecule has 2 aliphatic heterocycles. The smallest absolute Gasteiger partial charge is 0.262 e. The Morgan fingerprint density at radius 3 is 2.40 bits per heavy atom. The summed E-state index contributed by atoms with van der Waals surface area (Å²) in [6.07, 6.45) is -0.524. The molecule has 1 aromatic rings. The average Bonchev–Trinajstić information content (AvgIpc) is 2.94. The van der Waals surface area contributed by atoms with E-state index in [9.17, 15) is 22.0 Å². The Bertz CT molecular complexity index is 767. The van der Waals surface area contributed by atoms with E-state index in [1.165, 1.54) is 21.3 Å². The highest BCUT2D eigenvalue weighted by Gasteiger charge is 2.44. The third-order valence-corrected chi connectivity index (χ3v) is 6.81. The normalized spacial score (nSPS) is 24.4. The lowest BCUT2D eigenvalue weighted by Gasteiger charge is -2.35. The Morgan fingerprint density at radius 1 is 1.20 bits per heavy atom. The summed E-state index contributed by atoms with van der Waals surface area (Å²) in [5.74, 6) is -3.29. The maximum absolute atomic E-state index is 13.2. The van der Waals surface area contributed by atoms with Crippen LogP contribution >= 0.6 is 11.6 Å². The van der Waals surface area contributed by atoms with Crippen molar-refractivity contribution in [1.29, 1.82) is 0 Å². The van der Waals surface area contributed by atoms with Gasteiger partial charge < -0.3 is 4.90 Å². The highest BCUT2D eigenvalue weighted by Crippen LogP contribution is 2.27. The van der Waals surface area contributed by atoms with E-state index >= 15 is 0 Å². The maximum atomic E-state index is 13.2. The number of carbonyl (C=O) groups is 1. The second kappa shape index (κ2) is 6.79. The molecule has 2 fully saturated rings. The van der Waals surface area contributed by atoms with Gasteiger partial charge >= 0.3 is 0 Å². The van der Waals surface area contributed by atoms with Crippen molar-refractivity contribution in [2.45, 2.75) is 23.3 Å². The summed E-state index contributed by atoms with van der Waals surface area (Å²) < 4.78 is 53.0. The van der Waals surface area contributed by atoms with Gasteiger partial charge in [0.1, 0.15) is 4.90 Å². The number of hydrogen-bond donors (Lipinski definition) is 1. The van der Waals surface area contributed by atoms with Crippen molar-refractivity contribution in [2.75, 3.05) is 32.7 Å². The van der Waals surface area contributed by atoms with Crippen molar-refractivity contribution in [2.24, 2.45) is 0 Å². The lowest BCUT2D eigenvalue weighted by molar-refractivity contribution is -0.134. The molecule has 0 radical (unpaired) electrons. The zero-order valence-electron chi connectivity index (χ0n) is 13.3. The fourth-order valence-corrected chi connectivity index (χ4v) is 4.97. The third-order valence-electron chi connectivity index (χ3n) is 4.41. The largest absolute Gasteiger partial charge is 0.339 e. The summed E-state index contributed by atoms with van der Waals surface area (Å²) in [7, 11) is -3.75. The molecule has 6 nitrogen and oxygen atoms in total. The zero-order chi connectivity index (χ0) is 18.2. The van der Waals surface area contributed by atoms with Gasteiger partial charge in [0.2, 0.25) is 15.9 Å². The number of benzene rings is 1. The van der Waals surface area contributed by atoms with Gasteiger partial charge in [0.15, 0.2) is 0 Å². The summed E-state index contributed by atoms with van der Waals surface area (Å²) in [6.45, 7) is 0.00755. The van der Waals surface area contributed by atoms with Crippen molar-refractivity contribution in [3.8, 4) is 0 Å². The molecule has 0 spiro atoms. The topological polar surface area (TPSA) is 69.7 Å². The van der Waals surface area contributed by atoms with Gasteiger partial charge in [-0.15, -0.1) is 0 Å². The van der Waals surface area contributed by atoms with Crippen LogP contribution in [0.1, 0.15) is 6.42 Å². The Labute approximate surface area is 149 Å². The van der Waals surface area contributed by atoms with Gasteiger partial charge in [-0.1, -0.05) is 23.7 Å². The molecule has 1 N–H and O–H groups in total. The van der Waals surface area contributed by atoms with Crippen LogP contribution in [0.4, 0.5) is 8.78 Å². The molecule has 1 unspecified atom stereocenters. The first-order valence-electron chi connectivity index (χ1n) is 7.85. The molecule has 2 aliphatic rings. The van der Waals surface area contributed by atoms with Crippen molar-refractivity contribution >= 4 is 27.5 Å². The second-order valence-corrected chi connectivity index (χ2v) is 8.47. The zero-order valence-corrected chi connectivity index (χ0v) is 14.9. The van der Waals surface area contributed by atoms with E-state index in [4.69, 9.17) is 11.6 Å². The first-order valence-corrected chi connectivity index (χ1v) is 9.67. The van der Waals surface area contributed by atoms with E-state index in [0.29, 0.717) is 0 Å². The first-order chi connectivity index (χ1) is 11.7. The maximum Gasteiger partial charge on any atom is 0.262 e. The van der Waals surface area contributed by atoms with E-state index < -0.39 is 40.9 Å². The minimum absolute atomic E-state index is 0.0218. The van der Waals surface area contributed by atoms with Crippen LogP contribution in [0, 0.1) is 0 Å². The van der Waals surface area contributed by atoms with E-state index in [-0.39, 0.29) is 36.1 Å². The van der Waals surface area contributed by atoms with E-state index in [2.05, 4.69) is 5.32 Å². The van der Waals surface area contributed by atoms with Gasteiger partial charge in [-0.05, 0) is 12.1 Å². The Hall–Kier alpha value is -1.29. The van der Waals surface area contributed by atoms with Gasteiger partial charge in [0, 0.05) is 32.6 Å². The molecule has 3 rings (SSSR count). The van der Waals surface area contributed by atoms with Crippen LogP contribution in [0.25, 0.3) is 0 Å². The predicted molar refractivity (Wildman–Crippen MR) is 88.1 cm³/mol. The predicted octanol–water partition coefficient (Wildman–Crippen LogP) is 1.17. The van der Waals surface area contributed by atoms with Crippen LogP contribution in [-0.2, 0) is 14.8 Å². The second-order valence-electron chi connectivity index (χ2n) is 6.15. The van der Waals surface area contributed by atoms with Crippen LogP contribution in [0.2, 0.25) is 5.02 Å². The van der Waals surface area contributed by atoms with E-state index in [1.54, 1.807) is 12.1 Å². The number of nitrogens with one attached hydrogen (secondary N) is 1. The molecule has 0 bridgehead atoms. The van der Waals surface area contributed by atoms with Gasteiger partial charge in [-0.2, -0.15) is 4.31 Å². The molecule has 2 heterocycles. The number of sulfonamides is 1. The van der Waals surface area contributed by atoms with Gasteiger partial charge in [0.05, 0.1) is 17.6 Å². The fourth-order valence-electron chi connectivity index (χ4n) is 3.05. The number of alkyl halides is 2. The van der Waals surface area contributed by atoms with Crippen molar-refractivity contribution in [3.63, 3.8) is 0 Å². The number of nitrogens with zero attached hydrogens (tertiary/aromatic N) is 2. The number of rotatable bonds is 3. The first kappa shape index (κ1) is 18.5. The van der Waals surface area contributed by atoms with Crippen LogP contribution < -0.4 is 5.32 Å². The molecule has 0 aliphatic carbocycles. The highest BCUT2D eigenvalue weighted by atomic mass is 35.5. The van der Waals surface area contributed by atoms with Crippen LogP contribution in [0.3, 0.4) is 0 Å². The molecule has 1 atom stereocenters. The quantitative estimate of drug-likeness (QED) is 0.837. The highest BCUT2D eigenvalue weighted by molar-refractivity contribution is 7.89. The van der Waals surface area contributed by atoms with Gasteiger partial charge in [-0.25, -0.2) is 17.2 Å². The molecule has 25 heavy (non-hydrogen) atoms. The minimum atomic E-state index is -3.75. The third kappa shape index (κ3) is 3.79. The molecule has 10 heteroatoms. The van der Waals surface area contributed by atoms with E-state index in [1.807, 2.05) is 0 Å². The molecular weight excluding hydrogens is 376 g/mol. The molecule has 1 amide bonds. The Kier molecular flexibility index (Phi) is 5.02. The lowest BCUT2D eigenvalue weighted by atomic mass is 10.1. The SMILES string of the molecule is O=C(C1CC(F)(F)CN1)N1CCN(S(=O)(=O)c2ccccc2Cl)CC1. The fraction of sp³-hybridized carbons (Fsp3) is 0.533. The summed E-state index contributed by atoms with van der Waals surface area (Å²) >= 11 is 5.97. The number of carbonyl (C=O) groups excluding carboxylic acids is 1. The summed E-state index contributed by atoms with van der Waals surface area (Å²) in [4.78, 5) is 13.8. The number of amides is 1. The van der Waals surface area contributed by atoms with Gasteiger partial charge in [-0.3, -0.25) is 10.1 Å². The Balaban J connectivity index is 1.64. The van der Waals surface area contributed by atoms with Crippen LogP contribution in [0.15, 0.2) is 29.2 Å². The Morgan fingerprint density at radius 2 is 1.84 bits per heavy atom. The van der Waals surface area contributed by atoms with Crippen LogP contribution in [0.5, 0.6) is 0 Å². The summed E-state index contributed by atoms with van der Waals surface area (Å²) in [5.41, 5.74) is 0. The molecular formula is C15H18ClF2N3O3S. The molecule has 138 valence electrons. The molecule has 1 aromatic carbocycles. The standard InChI is InChI=1S/C15H18ClF2N3O3S/c16-11-3-1-2-4-13(11)25(23,24)21-7-5-20(6-8-21)14(22)12-9-15(17,18)10-19-12/h1-4,12,19H,5-10H2. The van der Waals surface area contributed by atoms with Crippen molar-refractivity contribution in [3.05, 3.63) is 29.3 Å². The average molecular weight is 394 g/mol. The number of halogens is 3. The van der Waals surface area contributed by atoms with Crippen molar-refractivity contribution < 1.29 is 22.0 Å². The number of hydrogen-bond acceptors (Lipinski definition) is 4. The summed E-state index contributed by atoms with van der Waals surface area (Å²) in [6, 6.07) is 5.24. The van der Waals surface area contributed by atoms with E-state index in [0.717, 1.165) is 0 Å². The van der Waals surface area contributed by atoms with Gasteiger partial charge in [0.25, 0.3) is 5.92 Å².